The molecule has 0 fully saturated rings. The third-order valence-electron chi connectivity index (χ3n) is 5.11. The fourth-order valence-corrected chi connectivity index (χ4v) is 4.31. The molecule has 3 heteroatoms. The van der Waals surface area contributed by atoms with Crippen molar-refractivity contribution in [2.75, 3.05) is 7.11 Å². The van der Waals surface area contributed by atoms with E-state index in [-0.39, 0.29) is 0 Å². The van der Waals surface area contributed by atoms with Crippen molar-refractivity contribution in [3.63, 3.8) is 0 Å². The molecule has 1 atom stereocenters. The van der Waals surface area contributed by atoms with E-state index in [4.69, 9.17) is 4.74 Å². The minimum absolute atomic E-state index is 0.426. The Labute approximate surface area is 164 Å². The number of aromatic nitrogens is 1. The maximum atomic E-state index is 5.29. The van der Waals surface area contributed by atoms with Crippen LogP contribution in [0.4, 0.5) is 0 Å². The Bertz CT molecular complexity index is 564. The second-order valence-electron chi connectivity index (χ2n) is 7.17. The van der Waals surface area contributed by atoms with Gasteiger partial charge in [0.1, 0.15) is 5.75 Å². The van der Waals surface area contributed by atoms with Crippen molar-refractivity contribution in [2.24, 2.45) is 0 Å². The van der Waals surface area contributed by atoms with E-state index in [0.29, 0.717) is 5.92 Å². The number of unbranched alkanes of at least 4 members (excludes halogenated alkanes) is 9. The first-order chi connectivity index (χ1) is 12.8. The summed E-state index contributed by atoms with van der Waals surface area (Å²) in [5.41, 5.74) is 1.36. The largest absolute Gasteiger partial charge is 0.497 e. The summed E-state index contributed by atoms with van der Waals surface area (Å²) in [5.74, 6) is 1.35. The molecule has 1 aromatic carbocycles. The van der Waals surface area contributed by atoms with Gasteiger partial charge in [-0.2, -0.15) is 0 Å². The summed E-state index contributed by atoms with van der Waals surface area (Å²) in [5, 5.41) is 3.33. The van der Waals surface area contributed by atoms with Crippen LogP contribution in [-0.4, -0.2) is 12.1 Å². The van der Waals surface area contributed by atoms with E-state index in [0.717, 1.165) is 5.75 Å². The Morgan fingerprint density at radius 2 is 1.50 bits per heavy atom. The van der Waals surface area contributed by atoms with Gasteiger partial charge >= 0.3 is 0 Å². The summed E-state index contributed by atoms with van der Waals surface area (Å²) < 4.78 is 5.29. The van der Waals surface area contributed by atoms with E-state index < -0.39 is 0 Å². The molecule has 2 aromatic rings. The molecule has 0 saturated heterocycles. The number of nitrogens with zero attached hydrogens (tertiary/aromatic N) is 1. The molecule has 0 saturated carbocycles. The molecule has 0 aliphatic heterocycles. The van der Waals surface area contributed by atoms with Gasteiger partial charge in [-0.1, -0.05) is 83.3 Å². The Morgan fingerprint density at radius 1 is 0.885 bits per heavy atom. The highest BCUT2D eigenvalue weighted by Gasteiger charge is 2.16. The van der Waals surface area contributed by atoms with Gasteiger partial charge in [0.2, 0.25) is 0 Å². The van der Waals surface area contributed by atoms with Crippen LogP contribution in [0.2, 0.25) is 0 Å². The Morgan fingerprint density at radius 3 is 2.04 bits per heavy atom. The van der Waals surface area contributed by atoms with Gasteiger partial charge in [0.15, 0.2) is 0 Å². The van der Waals surface area contributed by atoms with Crippen molar-refractivity contribution >= 4 is 11.3 Å². The number of hydrogen-bond donors (Lipinski definition) is 0. The lowest BCUT2D eigenvalue weighted by atomic mass is 9.93. The highest BCUT2D eigenvalue weighted by Crippen LogP contribution is 2.32. The van der Waals surface area contributed by atoms with Crippen molar-refractivity contribution in [2.45, 2.75) is 83.5 Å². The van der Waals surface area contributed by atoms with Gasteiger partial charge in [-0.05, 0) is 24.1 Å². The van der Waals surface area contributed by atoms with Crippen molar-refractivity contribution in [1.29, 1.82) is 0 Å². The number of rotatable bonds is 14. The second-order valence-corrected chi connectivity index (χ2v) is 8.09. The van der Waals surface area contributed by atoms with Crippen molar-refractivity contribution in [1.82, 2.24) is 4.98 Å². The van der Waals surface area contributed by atoms with Crippen molar-refractivity contribution in [3.8, 4) is 5.75 Å². The molecule has 2 nitrogen and oxygen atoms in total. The number of hydrogen-bond acceptors (Lipinski definition) is 3. The van der Waals surface area contributed by atoms with E-state index in [1.807, 2.05) is 6.20 Å². The SMILES string of the molecule is CCCCCCCCCCCCC(c1ccc(OC)cc1)c1nccs1. The molecule has 1 aromatic heterocycles. The van der Waals surface area contributed by atoms with E-state index in [1.54, 1.807) is 18.4 Å². The molecule has 144 valence electrons. The number of ether oxygens (including phenoxy) is 1. The van der Waals surface area contributed by atoms with Crippen LogP contribution in [0.1, 0.15) is 94.0 Å². The van der Waals surface area contributed by atoms with Crippen LogP contribution < -0.4 is 4.74 Å². The van der Waals surface area contributed by atoms with Gasteiger partial charge in [0.05, 0.1) is 12.1 Å². The maximum Gasteiger partial charge on any atom is 0.118 e. The zero-order valence-corrected chi connectivity index (χ0v) is 17.4. The van der Waals surface area contributed by atoms with Gasteiger partial charge in [0, 0.05) is 17.5 Å². The average molecular weight is 374 g/mol. The highest BCUT2D eigenvalue weighted by molar-refractivity contribution is 7.09. The zero-order valence-electron chi connectivity index (χ0n) is 16.6. The molecule has 0 spiro atoms. The highest BCUT2D eigenvalue weighted by atomic mass is 32.1. The van der Waals surface area contributed by atoms with Gasteiger partial charge in [-0.15, -0.1) is 11.3 Å². The van der Waals surface area contributed by atoms with Crippen LogP contribution in [0.25, 0.3) is 0 Å². The molecular weight excluding hydrogens is 338 g/mol. The topological polar surface area (TPSA) is 22.1 Å². The monoisotopic (exact) mass is 373 g/mol. The van der Waals surface area contributed by atoms with Crippen LogP contribution in [0, 0.1) is 0 Å². The van der Waals surface area contributed by atoms with E-state index in [2.05, 4.69) is 41.6 Å². The first-order valence-electron chi connectivity index (χ1n) is 10.4. The molecule has 0 bridgehead atoms. The van der Waals surface area contributed by atoms with Crippen LogP contribution >= 0.6 is 11.3 Å². The van der Waals surface area contributed by atoms with Gasteiger partial charge in [0.25, 0.3) is 0 Å². The standard InChI is InChI=1S/C23H35NOS/c1-3-4-5-6-7-8-9-10-11-12-13-22(23-24-18-19-26-23)20-14-16-21(25-2)17-15-20/h14-19,22H,3-13H2,1-2H3. The molecule has 1 heterocycles. The quantitative estimate of drug-likeness (QED) is 0.318. The normalized spacial score (nSPS) is 12.2. The lowest BCUT2D eigenvalue weighted by Crippen LogP contribution is -2.01. The summed E-state index contributed by atoms with van der Waals surface area (Å²) in [7, 11) is 1.72. The smallest absolute Gasteiger partial charge is 0.118 e. The predicted octanol–water partition coefficient (Wildman–Crippen LogP) is 7.59. The third kappa shape index (κ3) is 7.49. The van der Waals surface area contributed by atoms with Crippen LogP contribution in [-0.2, 0) is 0 Å². The number of benzene rings is 1. The molecule has 0 aliphatic rings. The lowest BCUT2D eigenvalue weighted by Gasteiger charge is -2.15. The lowest BCUT2D eigenvalue weighted by molar-refractivity contribution is 0.414. The van der Waals surface area contributed by atoms with Gasteiger partial charge < -0.3 is 4.74 Å². The summed E-state index contributed by atoms with van der Waals surface area (Å²) in [6.07, 6.45) is 17.0. The molecular formula is C23H35NOS. The number of thiazole rings is 1. The predicted molar refractivity (Wildman–Crippen MR) is 113 cm³/mol. The first-order valence-corrected chi connectivity index (χ1v) is 11.3. The summed E-state index contributed by atoms with van der Waals surface area (Å²) in [6.45, 7) is 2.28. The fraction of sp³-hybridized carbons (Fsp3) is 0.609. The van der Waals surface area contributed by atoms with Gasteiger partial charge in [-0.25, -0.2) is 4.98 Å². The summed E-state index contributed by atoms with van der Waals surface area (Å²) >= 11 is 1.77. The molecule has 0 N–H and O–H groups in total. The van der Waals surface area contributed by atoms with Crippen molar-refractivity contribution < 1.29 is 4.74 Å². The zero-order chi connectivity index (χ0) is 18.5. The summed E-state index contributed by atoms with van der Waals surface area (Å²) in [6, 6.07) is 8.52. The molecule has 0 aliphatic carbocycles. The third-order valence-corrected chi connectivity index (χ3v) is 6.00. The molecule has 1 unspecified atom stereocenters. The molecule has 26 heavy (non-hydrogen) atoms. The van der Waals surface area contributed by atoms with E-state index in [9.17, 15) is 0 Å². The van der Waals surface area contributed by atoms with Crippen LogP contribution in [0.3, 0.4) is 0 Å². The van der Waals surface area contributed by atoms with E-state index in [1.165, 1.54) is 81.2 Å². The molecule has 2 rings (SSSR count). The van der Waals surface area contributed by atoms with Crippen LogP contribution in [0.15, 0.2) is 35.8 Å². The van der Waals surface area contributed by atoms with E-state index >= 15 is 0 Å². The minimum Gasteiger partial charge on any atom is -0.497 e. The Balaban J connectivity index is 1.71. The summed E-state index contributed by atoms with van der Waals surface area (Å²) in [4.78, 5) is 4.59. The first kappa shape index (κ1) is 21.0. The second kappa shape index (κ2) is 12.9. The fourth-order valence-electron chi connectivity index (χ4n) is 3.51. The number of methoxy groups -OCH3 is 1. The van der Waals surface area contributed by atoms with Crippen molar-refractivity contribution in [3.05, 3.63) is 46.4 Å². The maximum absolute atomic E-state index is 5.29. The molecule has 0 radical (unpaired) electrons. The Hall–Kier alpha value is -1.35. The van der Waals surface area contributed by atoms with Gasteiger partial charge in [-0.3, -0.25) is 0 Å². The Kier molecular flexibility index (Phi) is 10.4. The minimum atomic E-state index is 0.426. The average Bonchev–Trinajstić information content (AvgIpc) is 3.21. The molecule has 0 amide bonds. The van der Waals surface area contributed by atoms with Crippen LogP contribution in [0.5, 0.6) is 5.75 Å².